The third kappa shape index (κ3) is 6.95. The van der Waals surface area contributed by atoms with Crippen LogP contribution < -0.4 is 16.7 Å². The first-order valence-corrected chi connectivity index (χ1v) is 20.3. The van der Waals surface area contributed by atoms with E-state index < -0.39 is 0 Å². The SMILES string of the molecule is COc1ccc(C=Nc2ccccc2[Te][Te]c2ccccc2N=Cc2ccc(OC)cc2)cc1. The van der Waals surface area contributed by atoms with E-state index in [9.17, 15) is 0 Å². The van der Waals surface area contributed by atoms with Crippen LogP contribution in [0.5, 0.6) is 11.5 Å². The van der Waals surface area contributed by atoms with Crippen molar-refractivity contribution in [3.63, 3.8) is 0 Å². The van der Waals surface area contributed by atoms with Crippen molar-refractivity contribution in [1.82, 2.24) is 0 Å². The van der Waals surface area contributed by atoms with E-state index in [2.05, 4.69) is 48.5 Å². The van der Waals surface area contributed by atoms with Crippen LogP contribution in [0.4, 0.5) is 11.4 Å². The molecule has 0 heterocycles. The number of hydrogen-bond acceptors (Lipinski definition) is 4. The Morgan fingerprint density at radius 1 is 0.529 bits per heavy atom. The Balaban J connectivity index is 1.46. The quantitative estimate of drug-likeness (QED) is 0.194. The van der Waals surface area contributed by atoms with Crippen molar-refractivity contribution in [2.45, 2.75) is 0 Å². The van der Waals surface area contributed by atoms with Gasteiger partial charge in [0.25, 0.3) is 0 Å². The molecule has 0 aromatic heterocycles. The first kappa shape index (κ1) is 24.5. The monoisotopic (exact) mass is 680 g/mol. The van der Waals surface area contributed by atoms with Crippen molar-refractivity contribution in [2.75, 3.05) is 14.2 Å². The zero-order valence-electron chi connectivity index (χ0n) is 18.9. The number of para-hydroxylation sites is 2. The summed E-state index contributed by atoms with van der Waals surface area (Å²) in [6.45, 7) is 0. The van der Waals surface area contributed by atoms with Crippen molar-refractivity contribution >= 4 is 65.1 Å². The molecule has 0 saturated carbocycles. The average molecular weight is 676 g/mol. The van der Waals surface area contributed by atoms with Crippen LogP contribution in [-0.2, 0) is 0 Å². The van der Waals surface area contributed by atoms with Gasteiger partial charge >= 0.3 is 219 Å². The first-order chi connectivity index (χ1) is 16.7. The van der Waals surface area contributed by atoms with E-state index in [0.717, 1.165) is 34.0 Å². The molecule has 0 spiro atoms. The summed E-state index contributed by atoms with van der Waals surface area (Å²) in [6.07, 6.45) is 3.86. The number of aliphatic imine (C=N–C) groups is 2. The zero-order valence-corrected chi connectivity index (χ0v) is 23.6. The summed E-state index contributed by atoms with van der Waals surface area (Å²) in [5.41, 5.74) is 4.27. The number of benzene rings is 4. The molecule has 0 unspecified atom stereocenters. The van der Waals surface area contributed by atoms with Gasteiger partial charge in [-0.3, -0.25) is 0 Å². The van der Waals surface area contributed by atoms with Crippen LogP contribution in [0.3, 0.4) is 0 Å². The van der Waals surface area contributed by atoms with Gasteiger partial charge in [0.15, 0.2) is 0 Å². The number of nitrogens with zero attached hydrogens (tertiary/aromatic N) is 2. The molecule has 170 valence electrons. The van der Waals surface area contributed by atoms with Crippen molar-refractivity contribution in [3.8, 4) is 11.5 Å². The van der Waals surface area contributed by atoms with Crippen LogP contribution in [0.15, 0.2) is 107 Å². The van der Waals surface area contributed by atoms with Crippen LogP contribution >= 0.6 is 0 Å². The second-order valence-electron chi connectivity index (χ2n) is 7.16. The number of hydrogen-bond donors (Lipinski definition) is 0. The molecule has 0 saturated heterocycles. The van der Waals surface area contributed by atoms with E-state index in [0.29, 0.717) is 0 Å². The van der Waals surface area contributed by atoms with Crippen molar-refractivity contribution in [3.05, 3.63) is 108 Å². The van der Waals surface area contributed by atoms with E-state index in [4.69, 9.17) is 19.5 Å². The van der Waals surface area contributed by atoms with Gasteiger partial charge in [0.2, 0.25) is 0 Å². The second kappa shape index (κ2) is 12.7. The van der Waals surface area contributed by atoms with Gasteiger partial charge in [-0.1, -0.05) is 0 Å². The molecule has 0 N–H and O–H groups in total. The summed E-state index contributed by atoms with van der Waals surface area (Å²) in [6, 6.07) is 33.0. The maximum absolute atomic E-state index is 5.24. The third-order valence-corrected chi connectivity index (χ3v) is 16.6. The molecule has 0 aliphatic carbocycles. The minimum atomic E-state index is -0.359. The maximum atomic E-state index is 5.24. The van der Waals surface area contributed by atoms with Gasteiger partial charge in [-0.05, 0) is 0 Å². The minimum absolute atomic E-state index is 0.359. The number of rotatable bonds is 9. The van der Waals surface area contributed by atoms with Crippen LogP contribution in [0.25, 0.3) is 0 Å². The summed E-state index contributed by atoms with van der Waals surface area (Å²) in [5.74, 6) is 1.70. The summed E-state index contributed by atoms with van der Waals surface area (Å²) < 4.78 is 13.3. The van der Waals surface area contributed by atoms with Crippen molar-refractivity contribution in [1.29, 1.82) is 0 Å². The fourth-order valence-electron chi connectivity index (χ4n) is 3.03. The molecule has 34 heavy (non-hydrogen) atoms. The predicted molar refractivity (Wildman–Crippen MR) is 144 cm³/mol. The van der Waals surface area contributed by atoms with Crippen LogP contribution in [0.1, 0.15) is 11.1 Å². The molecular formula is C28H24N2O2Te2. The third-order valence-electron chi connectivity index (χ3n) is 4.89. The van der Waals surface area contributed by atoms with Crippen molar-refractivity contribution in [2.24, 2.45) is 9.98 Å². The second-order valence-corrected chi connectivity index (χ2v) is 17.0. The van der Waals surface area contributed by atoms with E-state index in [1.54, 1.807) is 14.2 Å². The standard InChI is InChI=1S/C28H24N2O2Te2/c1-31-23-15-11-21(12-16-23)19-29-25-7-3-5-9-27(25)33-34-28-10-6-4-8-26(28)30-20-22-13-17-24(32-2)18-14-22/h3-20H,1-2H3. The molecule has 6 heteroatoms. The van der Waals surface area contributed by atoms with Gasteiger partial charge in [-0.2, -0.15) is 0 Å². The van der Waals surface area contributed by atoms with E-state index in [1.165, 1.54) is 7.22 Å². The van der Waals surface area contributed by atoms with E-state index in [-0.39, 0.29) is 34.1 Å². The fourth-order valence-corrected chi connectivity index (χ4v) is 14.3. The molecule has 0 aliphatic rings. The zero-order chi connectivity index (χ0) is 23.6. The Hall–Kier alpha value is -2.60. The van der Waals surface area contributed by atoms with Crippen molar-refractivity contribution < 1.29 is 9.47 Å². The molecule has 4 rings (SSSR count). The van der Waals surface area contributed by atoms with Gasteiger partial charge in [0.1, 0.15) is 0 Å². The molecule has 4 aromatic rings. The Morgan fingerprint density at radius 3 is 1.29 bits per heavy atom. The molecule has 0 bridgehead atoms. The Labute approximate surface area is 217 Å². The molecule has 0 fully saturated rings. The summed E-state index contributed by atoms with van der Waals surface area (Å²) in [7, 11) is 3.35. The fraction of sp³-hybridized carbons (Fsp3) is 0.0714. The molecule has 0 atom stereocenters. The van der Waals surface area contributed by atoms with Gasteiger partial charge in [-0.15, -0.1) is 0 Å². The van der Waals surface area contributed by atoms with E-state index in [1.807, 2.05) is 61.0 Å². The Bertz CT molecular complexity index is 1170. The normalized spacial score (nSPS) is 11.2. The topological polar surface area (TPSA) is 43.2 Å². The summed E-state index contributed by atoms with van der Waals surface area (Å²) in [4.78, 5) is 9.61. The molecule has 0 aliphatic heterocycles. The molecule has 0 radical (unpaired) electrons. The summed E-state index contributed by atoms with van der Waals surface area (Å²) in [5, 5.41) is 0. The number of ether oxygens (including phenoxy) is 2. The molecular weight excluding hydrogens is 652 g/mol. The summed E-state index contributed by atoms with van der Waals surface area (Å²) >= 11 is -0.718. The number of methoxy groups -OCH3 is 2. The van der Waals surface area contributed by atoms with Crippen LogP contribution in [0.2, 0.25) is 0 Å². The van der Waals surface area contributed by atoms with Gasteiger partial charge < -0.3 is 0 Å². The molecule has 4 nitrogen and oxygen atoms in total. The van der Waals surface area contributed by atoms with Gasteiger partial charge in [0.05, 0.1) is 0 Å². The Kier molecular flexibility index (Phi) is 9.19. The average Bonchev–Trinajstić information content (AvgIpc) is 2.91. The van der Waals surface area contributed by atoms with Crippen LogP contribution in [-0.4, -0.2) is 60.8 Å². The van der Waals surface area contributed by atoms with Crippen LogP contribution in [0, 0.1) is 0 Å². The van der Waals surface area contributed by atoms with Gasteiger partial charge in [0, 0.05) is 0 Å². The first-order valence-electron chi connectivity index (χ1n) is 10.6. The van der Waals surface area contributed by atoms with E-state index >= 15 is 0 Å². The Morgan fingerprint density at radius 2 is 0.912 bits per heavy atom. The predicted octanol–water partition coefficient (Wildman–Crippen LogP) is 4.48. The molecule has 4 aromatic carbocycles. The molecule has 0 amide bonds. The van der Waals surface area contributed by atoms with Gasteiger partial charge in [-0.25, -0.2) is 0 Å².